The second-order valence-electron chi connectivity index (χ2n) is 8.01. The van der Waals surface area contributed by atoms with E-state index < -0.39 is 11.6 Å². The first-order chi connectivity index (χ1) is 13.3. The molecule has 1 aromatic carbocycles. The highest BCUT2D eigenvalue weighted by molar-refractivity contribution is 5.97. The van der Waals surface area contributed by atoms with Crippen molar-refractivity contribution in [2.75, 3.05) is 4.90 Å². The van der Waals surface area contributed by atoms with Gasteiger partial charge in [-0.2, -0.15) is 0 Å². The minimum absolute atomic E-state index is 0.0125. The summed E-state index contributed by atoms with van der Waals surface area (Å²) in [6.07, 6.45) is 7.52. The number of unbranched alkanes of at least 4 members (excludes halogenated alkanes) is 2. The number of carboxylic acid groups (broad SMARTS) is 1. The molecule has 0 bridgehead atoms. The molecule has 2 aliphatic heterocycles. The van der Waals surface area contributed by atoms with E-state index >= 15 is 0 Å². The molecule has 0 fully saturated rings. The zero-order chi connectivity index (χ0) is 21.1. The van der Waals surface area contributed by atoms with Gasteiger partial charge in [0, 0.05) is 6.20 Å². The lowest BCUT2D eigenvalue weighted by Crippen LogP contribution is -2.55. The van der Waals surface area contributed by atoms with Gasteiger partial charge in [-0.15, -0.1) is 0 Å². The first-order valence-corrected chi connectivity index (χ1v) is 10.5. The van der Waals surface area contributed by atoms with Gasteiger partial charge in [0.15, 0.2) is 5.75 Å². The number of aromatic carboxylic acids is 1. The van der Waals surface area contributed by atoms with E-state index in [1.165, 1.54) is 5.57 Å². The minimum atomic E-state index is -1.09. The number of nitrogens with zero attached hydrogens (tertiary/aromatic N) is 1. The second-order valence-corrected chi connectivity index (χ2v) is 8.01. The van der Waals surface area contributed by atoms with Crippen LogP contribution in [0.25, 0.3) is 0 Å². The number of carboxylic acids is 1. The summed E-state index contributed by atoms with van der Waals surface area (Å²) in [7, 11) is 0. The number of aryl methyl sites for hydroxylation is 1. The lowest BCUT2D eigenvalue weighted by atomic mass is 9.85. The summed E-state index contributed by atoms with van der Waals surface area (Å²) in [5.74, 6) is -0.685. The Morgan fingerprint density at radius 1 is 1.32 bits per heavy atom. The van der Waals surface area contributed by atoms with Crippen LogP contribution in [0.4, 0.5) is 5.69 Å². The molecule has 2 heterocycles. The predicted molar refractivity (Wildman–Crippen MR) is 114 cm³/mol. The Hall–Kier alpha value is -2.17. The molecule has 0 aliphatic carbocycles. The summed E-state index contributed by atoms with van der Waals surface area (Å²) in [6.45, 7) is 12.3. The Bertz CT molecular complexity index is 751. The maximum absolute atomic E-state index is 11.9. The molecule has 1 unspecified atom stereocenters. The molecular weight excluding hydrogens is 354 g/mol. The van der Waals surface area contributed by atoms with E-state index in [2.05, 4.69) is 27.7 Å². The third-order valence-electron chi connectivity index (χ3n) is 5.53. The second kappa shape index (κ2) is 8.89. The average molecular weight is 390 g/mol. The molecule has 0 radical (unpaired) electrons. The molecule has 1 atom stereocenters. The van der Waals surface area contributed by atoms with Gasteiger partial charge >= 0.3 is 5.97 Å². The van der Waals surface area contributed by atoms with Gasteiger partial charge in [0.2, 0.25) is 0 Å². The van der Waals surface area contributed by atoms with E-state index in [1.807, 2.05) is 31.0 Å². The van der Waals surface area contributed by atoms with Gasteiger partial charge in [-0.3, -0.25) is 0 Å². The van der Waals surface area contributed by atoms with Crippen molar-refractivity contribution in [3.8, 4) is 11.5 Å². The first kappa shape index (κ1) is 22.1. The van der Waals surface area contributed by atoms with Crippen molar-refractivity contribution in [3.05, 3.63) is 29.0 Å². The molecule has 156 valence electrons. The molecule has 0 spiro atoms. The number of hydrogen-bond donors (Lipinski definition) is 2. The molecule has 2 aliphatic rings. The van der Waals surface area contributed by atoms with Crippen molar-refractivity contribution in [1.29, 1.82) is 0 Å². The van der Waals surface area contributed by atoms with E-state index in [1.54, 1.807) is 0 Å². The number of fused-ring (bicyclic) bond motifs is 3. The lowest BCUT2D eigenvalue weighted by molar-refractivity contribution is 0.0615. The van der Waals surface area contributed by atoms with Gasteiger partial charge in [-0.25, -0.2) is 4.79 Å². The number of carbonyl (C=O) groups is 1. The van der Waals surface area contributed by atoms with E-state index in [0.29, 0.717) is 23.4 Å². The third kappa shape index (κ3) is 4.13. The van der Waals surface area contributed by atoms with Crippen molar-refractivity contribution in [2.24, 2.45) is 0 Å². The van der Waals surface area contributed by atoms with Gasteiger partial charge in [0.1, 0.15) is 22.6 Å². The minimum Gasteiger partial charge on any atom is -0.505 e. The highest BCUT2D eigenvalue weighted by Gasteiger charge is 2.44. The third-order valence-corrected chi connectivity index (χ3v) is 5.53. The number of phenols is 1. The number of benzene rings is 1. The fourth-order valence-electron chi connectivity index (χ4n) is 4.16. The van der Waals surface area contributed by atoms with Gasteiger partial charge < -0.3 is 19.8 Å². The van der Waals surface area contributed by atoms with Gasteiger partial charge in [0.05, 0.1) is 6.04 Å². The van der Waals surface area contributed by atoms with Crippen molar-refractivity contribution < 1.29 is 19.7 Å². The molecular formula is C23H35NO4. The predicted octanol–water partition coefficient (Wildman–Crippen LogP) is 5.89. The molecule has 0 saturated carbocycles. The van der Waals surface area contributed by atoms with Crippen molar-refractivity contribution in [1.82, 2.24) is 0 Å². The number of anilines is 1. The molecule has 1 aromatic rings. The van der Waals surface area contributed by atoms with E-state index in [9.17, 15) is 15.0 Å². The van der Waals surface area contributed by atoms with E-state index in [4.69, 9.17) is 4.74 Å². The maximum atomic E-state index is 11.9. The van der Waals surface area contributed by atoms with E-state index in [-0.39, 0.29) is 17.4 Å². The highest BCUT2D eigenvalue weighted by atomic mass is 16.5. The molecule has 5 nitrogen and oxygen atoms in total. The molecule has 2 N–H and O–H groups in total. The number of rotatable bonds is 5. The van der Waals surface area contributed by atoms with Crippen LogP contribution in [0.2, 0.25) is 0 Å². The average Bonchev–Trinajstić information content (AvgIpc) is 2.62. The molecule has 3 rings (SSSR count). The number of allylic oxidation sites excluding steroid dienone is 1. The largest absolute Gasteiger partial charge is 0.505 e. The van der Waals surface area contributed by atoms with Crippen molar-refractivity contribution in [2.45, 2.75) is 91.7 Å². The molecule has 0 aromatic heterocycles. The molecule has 28 heavy (non-hydrogen) atoms. The van der Waals surface area contributed by atoms with Crippen LogP contribution in [-0.2, 0) is 6.42 Å². The van der Waals surface area contributed by atoms with Crippen LogP contribution in [0.15, 0.2) is 17.8 Å². The summed E-state index contributed by atoms with van der Waals surface area (Å²) in [5, 5.41) is 20.6. The maximum Gasteiger partial charge on any atom is 0.339 e. The van der Waals surface area contributed by atoms with Gasteiger partial charge in [0.25, 0.3) is 0 Å². The van der Waals surface area contributed by atoms with Crippen LogP contribution in [-0.4, -0.2) is 27.8 Å². The SMILES string of the molecule is CC.CCCCCc1cc2c(c(O)c1C(=O)O)N1C=C(C)CCC1C(C)(C)O2. The summed E-state index contributed by atoms with van der Waals surface area (Å²) >= 11 is 0. The molecule has 5 heteroatoms. The zero-order valence-corrected chi connectivity index (χ0v) is 18.1. The smallest absolute Gasteiger partial charge is 0.339 e. The van der Waals surface area contributed by atoms with Crippen molar-refractivity contribution >= 4 is 11.7 Å². The summed E-state index contributed by atoms with van der Waals surface area (Å²) < 4.78 is 6.26. The Balaban J connectivity index is 0.00000136. The Labute approximate surface area is 169 Å². The number of ether oxygens (including phenoxy) is 1. The Kier molecular flexibility index (Phi) is 7.02. The summed E-state index contributed by atoms with van der Waals surface area (Å²) in [6, 6.07) is 1.89. The van der Waals surface area contributed by atoms with Crippen molar-refractivity contribution in [3.63, 3.8) is 0 Å². The monoisotopic (exact) mass is 389 g/mol. The zero-order valence-electron chi connectivity index (χ0n) is 18.1. The van der Waals surface area contributed by atoms with Gasteiger partial charge in [-0.1, -0.05) is 39.2 Å². The van der Waals surface area contributed by atoms with Gasteiger partial charge in [-0.05, 0) is 58.1 Å². The number of hydrogen-bond acceptors (Lipinski definition) is 4. The summed E-state index contributed by atoms with van der Waals surface area (Å²) in [4.78, 5) is 13.9. The molecule has 0 amide bonds. The van der Waals surface area contributed by atoms with Crippen LogP contribution in [0, 0.1) is 0 Å². The van der Waals surface area contributed by atoms with E-state index in [0.717, 1.165) is 32.1 Å². The quantitative estimate of drug-likeness (QED) is 0.614. The number of aromatic hydroxyl groups is 1. The van der Waals surface area contributed by atoms with Crippen LogP contribution < -0.4 is 9.64 Å². The Morgan fingerprint density at radius 3 is 2.61 bits per heavy atom. The van der Waals surface area contributed by atoms with Crippen LogP contribution in [0.5, 0.6) is 11.5 Å². The van der Waals surface area contributed by atoms with Crippen LogP contribution >= 0.6 is 0 Å². The standard InChI is InChI=1S/C21H29NO4.C2H6/c1-5-6-7-8-14-11-15-18(19(23)17(14)20(24)25)22-12-13(2)9-10-16(22)21(3,4)26-15;1-2/h11-12,16,23H,5-10H2,1-4H3,(H,24,25);1-2H3. The normalized spacial score (nSPS) is 19.4. The highest BCUT2D eigenvalue weighted by Crippen LogP contribution is 2.51. The first-order valence-electron chi connectivity index (χ1n) is 10.5. The van der Waals surface area contributed by atoms with Crippen LogP contribution in [0.3, 0.4) is 0 Å². The topological polar surface area (TPSA) is 70.0 Å². The Morgan fingerprint density at radius 2 is 2.00 bits per heavy atom. The fourth-order valence-corrected chi connectivity index (χ4v) is 4.16. The lowest BCUT2D eigenvalue weighted by Gasteiger charge is -2.49. The van der Waals surface area contributed by atoms with Crippen LogP contribution in [0.1, 0.15) is 89.6 Å². The fraction of sp³-hybridized carbons (Fsp3) is 0.609. The summed E-state index contributed by atoms with van der Waals surface area (Å²) in [5.41, 5.74) is 1.95. The molecule has 0 saturated heterocycles.